The quantitative estimate of drug-likeness (QED) is 0.255. The van der Waals surface area contributed by atoms with Crippen molar-refractivity contribution >= 4 is 65.9 Å². The number of fused-ring (bicyclic) bond motifs is 10. The lowest BCUT2D eigenvalue weighted by molar-refractivity contribution is 0.669. The minimum Gasteiger partial charge on any atom is -0.454 e. The minimum atomic E-state index is 0.650. The molecule has 6 aromatic rings. The fraction of sp³-hybridized carbons (Fsp3) is 0. The summed E-state index contributed by atoms with van der Waals surface area (Å²) >= 11 is 6.40. The molecule has 0 aliphatic rings. The third-order valence-electron chi connectivity index (χ3n) is 5.32. The van der Waals surface area contributed by atoms with Gasteiger partial charge in [0.2, 0.25) is 0 Å². The Kier molecular flexibility index (Phi) is 2.72. The van der Waals surface area contributed by atoms with Gasteiger partial charge in [0.1, 0.15) is 5.58 Å². The monoisotopic (exact) mass is 352 g/mol. The van der Waals surface area contributed by atoms with Gasteiger partial charge in [-0.2, -0.15) is 0 Å². The topological polar surface area (TPSA) is 13.1 Å². The lowest BCUT2D eigenvalue weighted by Gasteiger charge is -2.11. The molecule has 1 nitrogen and oxygen atoms in total. The molecule has 0 aliphatic heterocycles. The Labute approximate surface area is 154 Å². The summed E-state index contributed by atoms with van der Waals surface area (Å²) in [6, 6.07) is 27.4. The van der Waals surface area contributed by atoms with Crippen molar-refractivity contribution in [2.45, 2.75) is 0 Å². The first-order valence-electron chi connectivity index (χ1n) is 8.66. The average molecular weight is 353 g/mol. The van der Waals surface area contributed by atoms with Gasteiger partial charge < -0.3 is 4.42 Å². The molecule has 0 bridgehead atoms. The van der Waals surface area contributed by atoms with Gasteiger partial charge in [0.25, 0.3) is 0 Å². The van der Waals surface area contributed by atoms with Gasteiger partial charge in [0.05, 0.1) is 5.02 Å². The molecule has 0 saturated carbocycles. The van der Waals surface area contributed by atoms with Crippen LogP contribution in [0.1, 0.15) is 0 Å². The Balaban J connectivity index is 2.04. The molecule has 1 heterocycles. The van der Waals surface area contributed by atoms with E-state index >= 15 is 0 Å². The fourth-order valence-electron chi connectivity index (χ4n) is 4.25. The van der Waals surface area contributed by atoms with Crippen molar-refractivity contribution < 1.29 is 4.42 Å². The van der Waals surface area contributed by atoms with Crippen LogP contribution in [0.25, 0.3) is 54.3 Å². The van der Waals surface area contributed by atoms with Gasteiger partial charge in [0.15, 0.2) is 5.58 Å². The second-order valence-corrected chi connectivity index (χ2v) is 7.08. The molecule has 0 saturated heterocycles. The van der Waals surface area contributed by atoms with Crippen LogP contribution < -0.4 is 0 Å². The van der Waals surface area contributed by atoms with Gasteiger partial charge in [-0.1, -0.05) is 72.3 Å². The van der Waals surface area contributed by atoms with E-state index in [-0.39, 0.29) is 0 Å². The van der Waals surface area contributed by atoms with Crippen LogP contribution >= 0.6 is 11.6 Å². The third kappa shape index (κ3) is 1.71. The van der Waals surface area contributed by atoms with Crippen molar-refractivity contribution in [3.05, 3.63) is 83.9 Å². The van der Waals surface area contributed by atoms with E-state index in [1.54, 1.807) is 0 Å². The fourth-order valence-corrected chi connectivity index (χ4v) is 4.46. The highest BCUT2D eigenvalue weighted by atomic mass is 35.5. The number of hydrogen-bond donors (Lipinski definition) is 0. The summed E-state index contributed by atoms with van der Waals surface area (Å²) in [5.74, 6) is 0. The zero-order valence-electron chi connectivity index (χ0n) is 13.8. The summed E-state index contributed by atoms with van der Waals surface area (Å²) in [6.45, 7) is 0. The van der Waals surface area contributed by atoms with Crippen LogP contribution in [-0.2, 0) is 0 Å². The maximum Gasteiger partial charge on any atom is 0.154 e. The van der Waals surface area contributed by atoms with Crippen molar-refractivity contribution in [1.82, 2.24) is 0 Å². The normalized spacial score (nSPS) is 12.0. The van der Waals surface area contributed by atoms with E-state index < -0.39 is 0 Å². The molecule has 0 aliphatic carbocycles. The highest BCUT2D eigenvalue weighted by Gasteiger charge is 2.16. The second kappa shape index (κ2) is 5.00. The molecule has 0 unspecified atom stereocenters. The number of rotatable bonds is 0. The van der Waals surface area contributed by atoms with Gasteiger partial charge in [-0.15, -0.1) is 0 Å². The molecule has 0 spiro atoms. The van der Waals surface area contributed by atoms with Crippen LogP contribution in [0.2, 0.25) is 5.02 Å². The highest BCUT2D eigenvalue weighted by molar-refractivity contribution is 6.38. The van der Waals surface area contributed by atoms with Gasteiger partial charge >= 0.3 is 0 Å². The number of hydrogen-bond acceptors (Lipinski definition) is 1. The molecular weight excluding hydrogens is 340 g/mol. The number of benzene rings is 5. The predicted molar refractivity (Wildman–Crippen MR) is 111 cm³/mol. The van der Waals surface area contributed by atoms with Crippen molar-refractivity contribution in [3.63, 3.8) is 0 Å². The van der Waals surface area contributed by atoms with E-state index in [9.17, 15) is 0 Å². The number of para-hydroxylation sites is 1. The summed E-state index contributed by atoms with van der Waals surface area (Å²) in [5, 5.41) is 10.4. The minimum absolute atomic E-state index is 0.650. The van der Waals surface area contributed by atoms with Gasteiger partial charge in [-0.05, 0) is 45.1 Å². The summed E-state index contributed by atoms with van der Waals surface area (Å²) in [4.78, 5) is 0. The lowest BCUT2D eigenvalue weighted by atomic mass is 9.92. The molecule has 0 N–H and O–H groups in total. The maximum atomic E-state index is 6.40. The highest BCUT2D eigenvalue weighted by Crippen LogP contribution is 2.43. The molecular formula is C24H13ClO. The molecule has 2 heteroatoms. The van der Waals surface area contributed by atoms with E-state index in [0.29, 0.717) is 5.02 Å². The molecule has 6 rings (SSSR count). The first kappa shape index (κ1) is 14.2. The van der Waals surface area contributed by atoms with Crippen molar-refractivity contribution in [1.29, 1.82) is 0 Å². The van der Waals surface area contributed by atoms with E-state index in [2.05, 4.69) is 66.7 Å². The smallest absolute Gasteiger partial charge is 0.154 e. The molecule has 0 amide bonds. The van der Waals surface area contributed by atoms with E-state index in [4.69, 9.17) is 16.0 Å². The Morgan fingerprint density at radius 3 is 1.81 bits per heavy atom. The Morgan fingerprint density at radius 1 is 0.500 bits per heavy atom. The Hall–Kier alpha value is -3.03. The number of halogens is 1. The molecule has 5 aromatic carbocycles. The summed E-state index contributed by atoms with van der Waals surface area (Å²) in [5.41, 5.74) is 1.63. The Morgan fingerprint density at radius 2 is 1.08 bits per heavy atom. The summed E-state index contributed by atoms with van der Waals surface area (Å²) < 4.78 is 6.12. The van der Waals surface area contributed by atoms with Crippen LogP contribution in [0.15, 0.2) is 83.3 Å². The van der Waals surface area contributed by atoms with Crippen LogP contribution in [0.3, 0.4) is 0 Å². The Bertz CT molecular complexity index is 1460. The van der Waals surface area contributed by atoms with Crippen LogP contribution in [0, 0.1) is 0 Å². The first-order chi connectivity index (χ1) is 12.8. The van der Waals surface area contributed by atoms with E-state index in [1.807, 2.05) is 12.1 Å². The zero-order valence-corrected chi connectivity index (χ0v) is 14.5. The third-order valence-corrected chi connectivity index (χ3v) is 5.62. The lowest BCUT2D eigenvalue weighted by Crippen LogP contribution is -1.83. The van der Waals surface area contributed by atoms with Crippen molar-refractivity contribution in [2.75, 3.05) is 0 Å². The molecule has 0 radical (unpaired) electrons. The molecule has 122 valence electrons. The number of furan rings is 1. The standard InChI is InChI=1S/C24H13ClO/c25-20-11-5-10-19-23-21(26-24(19)20)13-12-18-16-8-2-1-6-14(16)15-7-3-4-9-17(15)22(18)23/h1-13H. The van der Waals surface area contributed by atoms with Gasteiger partial charge in [-0.25, -0.2) is 0 Å². The zero-order chi connectivity index (χ0) is 17.3. The van der Waals surface area contributed by atoms with Crippen LogP contribution in [0.5, 0.6) is 0 Å². The van der Waals surface area contributed by atoms with Gasteiger partial charge in [-0.3, -0.25) is 0 Å². The SMILES string of the molecule is Clc1cccc2c1oc1ccc3c4ccccc4c4ccccc4c3c12. The van der Waals surface area contributed by atoms with Crippen molar-refractivity contribution in [3.8, 4) is 0 Å². The van der Waals surface area contributed by atoms with Gasteiger partial charge in [0, 0.05) is 16.2 Å². The molecule has 26 heavy (non-hydrogen) atoms. The summed E-state index contributed by atoms with van der Waals surface area (Å²) in [6.07, 6.45) is 0. The van der Waals surface area contributed by atoms with E-state index in [0.717, 1.165) is 21.9 Å². The largest absolute Gasteiger partial charge is 0.454 e. The second-order valence-electron chi connectivity index (χ2n) is 6.67. The van der Waals surface area contributed by atoms with Crippen LogP contribution in [0.4, 0.5) is 0 Å². The van der Waals surface area contributed by atoms with Crippen LogP contribution in [-0.4, -0.2) is 0 Å². The average Bonchev–Trinajstić information content (AvgIpc) is 3.08. The maximum absolute atomic E-state index is 6.40. The predicted octanol–water partition coefficient (Wildman–Crippen LogP) is 7.70. The molecule has 0 fully saturated rings. The van der Waals surface area contributed by atoms with Crippen molar-refractivity contribution in [2.24, 2.45) is 0 Å². The molecule has 1 aromatic heterocycles. The van der Waals surface area contributed by atoms with E-state index in [1.165, 1.54) is 32.3 Å². The first-order valence-corrected chi connectivity index (χ1v) is 9.03. The summed E-state index contributed by atoms with van der Waals surface area (Å²) in [7, 11) is 0. The molecule has 0 atom stereocenters.